The Balaban J connectivity index is 1.67. The highest BCUT2D eigenvalue weighted by atomic mass is 16.2. The fourth-order valence-electron chi connectivity index (χ4n) is 3.70. The zero-order chi connectivity index (χ0) is 19.0. The quantitative estimate of drug-likeness (QED) is 0.716. The number of hydrogen-bond acceptors (Lipinski definition) is 4. The predicted octanol–water partition coefficient (Wildman–Crippen LogP) is 3.27. The zero-order valence-electron chi connectivity index (χ0n) is 16.2. The Hall–Kier alpha value is -2.76. The highest BCUT2D eigenvalue weighted by Gasteiger charge is 2.21. The van der Waals surface area contributed by atoms with Crippen molar-refractivity contribution < 1.29 is 4.79 Å². The van der Waals surface area contributed by atoms with Crippen molar-refractivity contribution in [3.8, 4) is 11.4 Å². The van der Waals surface area contributed by atoms with Gasteiger partial charge in [-0.05, 0) is 40.0 Å². The molecule has 0 atom stereocenters. The van der Waals surface area contributed by atoms with E-state index in [2.05, 4.69) is 34.1 Å². The Morgan fingerprint density at radius 1 is 1.00 bits per heavy atom. The first-order valence-electron chi connectivity index (χ1n) is 9.60. The second-order valence-corrected chi connectivity index (χ2v) is 7.39. The number of amides is 1. The molecular weight excluding hydrogens is 338 g/mol. The number of piperidine rings is 1. The van der Waals surface area contributed by atoms with Gasteiger partial charge in [-0.25, -0.2) is 9.50 Å². The van der Waals surface area contributed by atoms with E-state index >= 15 is 0 Å². The molecule has 0 aliphatic carbocycles. The maximum Gasteiger partial charge on any atom is 0.253 e. The molecule has 0 bridgehead atoms. The minimum atomic E-state index is 0.181. The van der Waals surface area contributed by atoms with Gasteiger partial charge in [-0.15, -0.1) is 5.10 Å². The first-order valence-corrected chi connectivity index (χ1v) is 9.60. The monoisotopic (exact) mass is 363 g/mol. The summed E-state index contributed by atoms with van der Waals surface area (Å²) in [5, 5.41) is 4.65. The summed E-state index contributed by atoms with van der Waals surface area (Å²) in [6.07, 6.45) is 3.80. The Morgan fingerprint density at radius 2 is 1.70 bits per heavy atom. The number of carbonyl (C=O) groups excluding carboxylic acids is 1. The number of aryl methyl sites for hydroxylation is 3. The molecule has 4 rings (SSSR count). The Kier molecular flexibility index (Phi) is 4.64. The summed E-state index contributed by atoms with van der Waals surface area (Å²) in [5.74, 6) is 1.42. The van der Waals surface area contributed by atoms with Gasteiger partial charge >= 0.3 is 0 Å². The lowest BCUT2D eigenvalue weighted by molar-refractivity contribution is -0.131. The fourth-order valence-corrected chi connectivity index (χ4v) is 3.70. The van der Waals surface area contributed by atoms with Crippen LogP contribution in [0.4, 0.5) is 0 Å². The van der Waals surface area contributed by atoms with Gasteiger partial charge in [-0.2, -0.15) is 4.98 Å². The third kappa shape index (κ3) is 3.44. The molecule has 2 aromatic heterocycles. The number of carbonyl (C=O) groups is 1. The number of fused-ring (bicyclic) bond motifs is 1. The SMILES string of the molecule is Cc1ccc(-c2nc3nc(C)c(CC(=O)N4CCCCC4)c(C)n3n2)cc1. The van der Waals surface area contributed by atoms with Gasteiger partial charge in [-0.3, -0.25) is 4.79 Å². The molecule has 1 aromatic carbocycles. The van der Waals surface area contributed by atoms with Gasteiger partial charge in [0.05, 0.1) is 6.42 Å². The molecule has 1 saturated heterocycles. The molecule has 3 heterocycles. The van der Waals surface area contributed by atoms with Crippen LogP contribution in [-0.4, -0.2) is 43.5 Å². The highest BCUT2D eigenvalue weighted by Crippen LogP contribution is 2.21. The van der Waals surface area contributed by atoms with Crippen LogP contribution in [0, 0.1) is 20.8 Å². The van der Waals surface area contributed by atoms with E-state index in [1.807, 2.05) is 30.9 Å². The van der Waals surface area contributed by atoms with Crippen LogP contribution in [0.25, 0.3) is 17.2 Å². The lowest BCUT2D eigenvalue weighted by atomic mass is 10.1. The molecular formula is C21H25N5O. The number of nitrogens with zero attached hydrogens (tertiary/aromatic N) is 5. The van der Waals surface area contributed by atoms with Gasteiger partial charge in [0.1, 0.15) is 0 Å². The molecule has 3 aromatic rings. The lowest BCUT2D eigenvalue weighted by Crippen LogP contribution is -2.37. The van der Waals surface area contributed by atoms with E-state index in [9.17, 15) is 4.79 Å². The lowest BCUT2D eigenvalue weighted by Gasteiger charge is -2.27. The molecule has 0 N–H and O–H groups in total. The summed E-state index contributed by atoms with van der Waals surface area (Å²) in [5.41, 5.74) is 4.92. The number of rotatable bonds is 3. The van der Waals surface area contributed by atoms with Crippen molar-refractivity contribution in [1.29, 1.82) is 0 Å². The summed E-state index contributed by atoms with van der Waals surface area (Å²) in [7, 11) is 0. The summed E-state index contributed by atoms with van der Waals surface area (Å²) in [6.45, 7) is 7.74. The molecule has 1 amide bonds. The van der Waals surface area contributed by atoms with Crippen LogP contribution in [0.3, 0.4) is 0 Å². The third-order valence-electron chi connectivity index (χ3n) is 5.40. The van der Waals surface area contributed by atoms with Crippen molar-refractivity contribution in [2.75, 3.05) is 13.1 Å². The first-order chi connectivity index (χ1) is 13.0. The maximum absolute atomic E-state index is 12.7. The summed E-state index contributed by atoms with van der Waals surface area (Å²) >= 11 is 0. The Labute approximate surface area is 159 Å². The van der Waals surface area contributed by atoms with Crippen molar-refractivity contribution in [3.63, 3.8) is 0 Å². The van der Waals surface area contributed by atoms with Crippen LogP contribution >= 0.6 is 0 Å². The third-order valence-corrected chi connectivity index (χ3v) is 5.40. The Morgan fingerprint density at radius 3 is 2.41 bits per heavy atom. The number of hydrogen-bond donors (Lipinski definition) is 0. The summed E-state index contributed by atoms with van der Waals surface area (Å²) < 4.78 is 1.76. The minimum absolute atomic E-state index is 0.181. The van der Waals surface area contributed by atoms with E-state index in [1.54, 1.807) is 4.52 Å². The van der Waals surface area contributed by atoms with Crippen LogP contribution in [-0.2, 0) is 11.2 Å². The molecule has 0 spiro atoms. The van der Waals surface area contributed by atoms with Gasteiger partial charge in [0.25, 0.3) is 5.78 Å². The molecule has 0 unspecified atom stereocenters. The maximum atomic E-state index is 12.7. The predicted molar refractivity (Wildman–Crippen MR) is 105 cm³/mol. The van der Waals surface area contributed by atoms with Gasteiger partial charge in [-0.1, -0.05) is 29.8 Å². The summed E-state index contributed by atoms with van der Waals surface area (Å²) in [6, 6.07) is 8.14. The molecule has 27 heavy (non-hydrogen) atoms. The second kappa shape index (κ2) is 7.10. The average Bonchev–Trinajstić information content (AvgIpc) is 3.10. The minimum Gasteiger partial charge on any atom is -0.342 e. The van der Waals surface area contributed by atoms with Crippen LogP contribution in [0.1, 0.15) is 41.8 Å². The largest absolute Gasteiger partial charge is 0.342 e. The molecule has 0 saturated carbocycles. The summed E-state index contributed by atoms with van der Waals surface area (Å²) in [4.78, 5) is 23.9. The zero-order valence-corrected chi connectivity index (χ0v) is 16.2. The standard InChI is InChI=1S/C21H25N5O/c1-14-7-9-17(10-8-14)20-23-21-22-15(2)18(16(3)26(21)24-20)13-19(27)25-11-5-4-6-12-25/h7-10H,4-6,11-13H2,1-3H3. The van der Waals surface area contributed by atoms with Crippen LogP contribution in [0.15, 0.2) is 24.3 Å². The molecule has 6 heteroatoms. The smallest absolute Gasteiger partial charge is 0.253 e. The van der Waals surface area contributed by atoms with E-state index in [0.29, 0.717) is 18.0 Å². The van der Waals surface area contributed by atoms with E-state index in [0.717, 1.165) is 48.4 Å². The molecule has 1 fully saturated rings. The van der Waals surface area contributed by atoms with Gasteiger partial charge < -0.3 is 4.90 Å². The molecule has 1 aliphatic heterocycles. The van der Waals surface area contributed by atoms with E-state index in [4.69, 9.17) is 0 Å². The fraction of sp³-hybridized carbons (Fsp3) is 0.429. The van der Waals surface area contributed by atoms with Gasteiger partial charge in [0, 0.05) is 35.6 Å². The van der Waals surface area contributed by atoms with Crippen molar-refractivity contribution in [1.82, 2.24) is 24.5 Å². The highest BCUT2D eigenvalue weighted by molar-refractivity contribution is 5.79. The van der Waals surface area contributed by atoms with Crippen LogP contribution < -0.4 is 0 Å². The molecule has 140 valence electrons. The second-order valence-electron chi connectivity index (χ2n) is 7.39. The average molecular weight is 363 g/mol. The van der Waals surface area contributed by atoms with Gasteiger partial charge in [0.2, 0.25) is 5.91 Å². The van der Waals surface area contributed by atoms with Crippen molar-refractivity contribution in [3.05, 3.63) is 46.8 Å². The van der Waals surface area contributed by atoms with Crippen molar-refractivity contribution >= 4 is 11.7 Å². The number of benzene rings is 1. The van der Waals surface area contributed by atoms with Crippen LogP contribution in [0.2, 0.25) is 0 Å². The van der Waals surface area contributed by atoms with Crippen molar-refractivity contribution in [2.45, 2.75) is 46.5 Å². The van der Waals surface area contributed by atoms with E-state index < -0.39 is 0 Å². The van der Waals surface area contributed by atoms with Gasteiger partial charge in [0.15, 0.2) is 5.82 Å². The normalized spacial score (nSPS) is 14.7. The van der Waals surface area contributed by atoms with Crippen molar-refractivity contribution in [2.24, 2.45) is 0 Å². The molecule has 0 radical (unpaired) electrons. The van der Waals surface area contributed by atoms with Crippen LogP contribution in [0.5, 0.6) is 0 Å². The van der Waals surface area contributed by atoms with E-state index in [-0.39, 0.29) is 5.91 Å². The first kappa shape index (κ1) is 17.6. The molecule has 1 aliphatic rings. The molecule has 6 nitrogen and oxygen atoms in total. The number of likely N-dealkylation sites (tertiary alicyclic amines) is 1. The topological polar surface area (TPSA) is 63.4 Å². The van der Waals surface area contributed by atoms with E-state index in [1.165, 1.54) is 12.0 Å². The number of aromatic nitrogens is 4. The Bertz CT molecular complexity index is 984.